The van der Waals surface area contributed by atoms with Gasteiger partial charge in [0.1, 0.15) is 5.82 Å². The molecular formula is C24H25FN6S. The van der Waals surface area contributed by atoms with Gasteiger partial charge in [0.25, 0.3) is 0 Å². The molecule has 1 saturated heterocycles. The van der Waals surface area contributed by atoms with Crippen molar-refractivity contribution in [1.29, 1.82) is 0 Å². The van der Waals surface area contributed by atoms with Gasteiger partial charge in [-0.1, -0.05) is 48.5 Å². The zero-order valence-electron chi connectivity index (χ0n) is 17.7. The maximum absolute atomic E-state index is 13.7. The number of tetrazole rings is 1. The second-order valence-electron chi connectivity index (χ2n) is 8.03. The molecule has 2 aromatic carbocycles. The van der Waals surface area contributed by atoms with Crippen molar-refractivity contribution in [1.82, 2.24) is 30.0 Å². The van der Waals surface area contributed by atoms with Crippen molar-refractivity contribution < 1.29 is 4.39 Å². The summed E-state index contributed by atoms with van der Waals surface area (Å²) in [5, 5.41) is 14.7. The van der Waals surface area contributed by atoms with Gasteiger partial charge >= 0.3 is 0 Å². The SMILES string of the molecule is Fc1ccc([C@H](c2nnnn2Cc2cccs2)N2CCN(Cc3ccccc3)CC2)cc1. The summed E-state index contributed by atoms with van der Waals surface area (Å²) in [6.45, 7) is 5.28. The quantitative estimate of drug-likeness (QED) is 0.430. The Bertz CT molecular complexity index is 1110. The summed E-state index contributed by atoms with van der Waals surface area (Å²) in [6, 6.07) is 21.3. The largest absolute Gasteiger partial charge is 0.297 e. The van der Waals surface area contributed by atoms with E-state index < -0.39 is 0 Å². The Hall–Kier alpha value is -2.94. The van der Waals surface area contributed by atoms with E-state index in [4.69, 9.17) is 0 Å². The lowest BCUT2D eigenvalue weighted by atomic mass is 10.0. The monoisotopic (exact) mass is 448 g/mol. The highest BCUT2D eigenvalue weighted by molar-refractivity contribution is 7.09. The molecule has 1 aliphatic heterocycles. The Morgan fingerprint density at radius 2 is 1.66 bits per heavy atom. The topological polar surface area (TPSA) is 50.1 Å². The van der Waals surface area contributed by atoms with Gasteiger partial charge in [0.2, 0.25) is 0 Å². The summed E-state index contributed by atoms with van der Waals surface area (Å²) in [6.07, 6.45) is 0. The first-order valence-corrected chi connectivity index (χ1v) is 11.7. The molecule has 1 aliphatic rings. The molecule has 3 heterocycles. The van der Waals surface area contributed by atoms with E-state index in [0.29, 0.717) is 6.54 Å². The summed E-state index contributed by atoms with van der Waals surface area (Å²) >= 11 is 1.69. The number of benzene rings is 2. The van der Waals surface area contributed by atoms with E-state index in [1.807, 2.05) is 22.9 Å². The van der Waals surface area contributed by atoms with Crippen LogP contribution in [0.3, 0.4) is 0 Å². The molecule has 32 heavy (non-hydrogen) atoms. The number of nitrogens with zero attached hydrogens (tertiary/aromatic N) is 6. The third-order valence-corrected chi connectivity index (χ3v) is 6.76. The van der Waals surface area contributed by atoms with Gasteiger partial charge in [-0.25, -0.2) is 9.07 Å². The van der Waals surface area contributed by atoms with Crippen LogP contribution in [0.2, 0.25) is 0 Å². The molecule has 8 heteroatoms. The first kappa shape index (κ1) is 20.9. The normalized spacial score (nSPS) is 16.3. The minimum absolute atomic E-state index is 0.121. The minimum atomic E-state index is -0.238. The zero-order valence-corrected chi connectivity index (χ0v) is 18.5. The van der Waals surface area contributed by atoms with Crippen LogP contribution in [0.15, 0.2) is 72.1 Å². The minimum Gasteiger partial charge on any atom is -0.297 e. The van der Waals surface area contributed by atoms with Crippen molar-refractivity contribution in [2.24, 2.45) is 0 Å². The van der Waals surface area contributed by atoms with Crippen LogP contribution in [0.1, 0.15) is 27.9 Å². The highest BCUT2D eigenvalue weighted by Gasteiger charge is 2.30. The lowest BCUT2D eigenvalue weighted by Crippen LogP contribution is -2.48. The molecular weight excluding hydrogens is 423 g/mol. The van der Waals surface area contributed by atoms with Crippen molar-refractivity contribution in [2.45, 2.75) is 19.1 Å². The van der Waals surface area contributed by atoms with E-state index in [0.717, 1.165) is 44.1 Å². The molecule has 0 bridgehead atoms. The molecule has 0 saturated carbocycles. The highest BCUT2D eigenvalue weighted by atomic mass is 32.1. The van der Waals surface area contributed by atoms with E-state index in [-0.39, 0.29) is 11.9 Å². The Labute approximate surface area is 190 Å². The molecule has 0 spiro atoms. The van der Waals surface area contributed by atoms with Gasteiger partial charge in [-0.05, 0) is 45.1 Å². The Morgan fingerprint density at radius 3 is 2.38 bits per heavy atom. The molecule has 1 fully saturated rings. The number of thiophene rings is 1. The van der Waals surface area contributed by atoms with Gasteiger partial charge in [-0.2, -0.15) is 0 Å². The molecule has 6 nitrogen and oxygen atoms in total. The number of piperazine rings is 1. The van der Waals surface area contributed by atoms with Crippen molar-refractivity contribution in [3.63, 3.8) is 0 Å². The number of hydrogen-bond acceptors (Lipinski definition) is 6. The maximum atomic E-state index is 13.7. The van der Waals surface area contributed by atoms with Crippen LogP contribution in [0, 0.1) is 5.82 Å². The lowest BCUT2D eigenvalue weighted by molar-refractivity contribution is 0.100. The van der Waals surface area contributed by atoms with E-state index in [1.165, 1.54) is 22.6 Å². The van der Waals surface area contributed by atoms with Crippen LogP contribution in [-0.2, 0) is 13.1 Å². The summed E-state index contributed by atoms with van der Waals surface area (Å²) in [4.78, 5) is 6.08. The van der Waals surface area contributed by atoms with Gasteiger partial charge in [-0.15, -0.1) is 16.4 Å². The fourth-order valence-electron chi connectivity index (χ4n) is 4.26. The van der Waals surface area contributed by atoms with Crippen LogP contribution in [-0.4, -0.2) is 56.2 Å². The average molecular weight is 449 g/mol. The molecule has 0 unspecified atom stereocenters. The van der Waals surface area contributed by atoms with Gasteiger partial charge in [0.05, 0.1) is 12.6 Å². The molecule has 0 aliphatic carbocycles. The van der Waals surface area contributed by atoms with E-state index >= 15 is 0 Å². The van der Waals surface area contributed by atoms with Gasteiger partial charge in [0, 0.05) is 37.6 Å². The summed E-state index contributed by atoms with van der Waals surface area (Å²) in [5.74, 6) is 0.555. The Morgan fingerprint density at radius 1 is 0.875 bits per heavy atom. The molecule has 2 aromatic heterocycles. The number of halogens is 1. The zero-order chi connectivity index (χ0) is 21.8. The predicted octanol–water partition coefficient (Wildman–Crippen LogP) is 3.83. The number of aromatic nitrogens is 4. The Kier molecular flexibility index (Phi) is 6.34. The first-order chi connectivity index (χ1) is 15.8. The second-order valence-corrected chi connectivity index (χ2v) is 9.06. The molecule has 5 rings (SSSR count). The molecule has 1 atom stereocenters. The number of hydrogen-bond donors (Lipinski definition) is 0. The van der Waals surface area contributed by atoms with E-state index in [9.17, 15) is 4.39 Å². The third kappa shape index (κ3) is 4.77. The maximum Gasteiger partial charge on any atom is 0.173 e. The van der Waals surface area contributed by atoms with Crippen molar-refractivity contribution >= 4 is 11.3 Å². The number of rotatable bonds is 7. The van der Waals surface area contributed by atoms with E-state index in [2.05, 4.69) is 67.1 Å². The fourth-order valence-corrected chi connectivity index (χ4v) is 4.95. The van der Waals surface area contributed by atoms with Gasteiger partial charge in [0.15, 0.2) is 5.82 Å². The predicted molar refractivity (Wildman–Crippen MR) is 123 cm³/mol. The van der Waals surface area contributed by atoms with Crippen LogP contribution in [0.5, 0.6) is 0 Å². The third-order valence-electron chi connectivity index (χ3n) is 5.90. The molecule has 0 N–H and O–H groups in total. The summed E-state index contributed by atoms with van der Waals surface area (Å²) < 4.78 is 15.5. The summed E-state index contributed by atoms with van der Waals surface area (Å²) in [7, 11) is 0. The average Bonchev–Trinajstić information content (AvgIpc) is 3.50. The van der Waals surface area contributed by atoms with Gasteiger partial charge in [-0.3, -0.25) is 9.80 Å². The molecule has 0 amide bonds. The molecule has 0 radical (unpaired) electrons. The first-order valence-electron chi connectivity index (χ1n) is 10.8. The Balaban J connectivity index is 1.37. The van der Waals surface area contributed by atoms with Crippen molar-refractivity contribution in [3.05, 3.63) is 99.8 Å². The van der Waals surface area contributed by atoms with Crippen LogP contribution in [0.25, 0.3) is 0 Å². The summed E-state index contributed by atoms with van der Waals surface area (Å²) in [5.41, 5.74) is 2.33. The van der Waals surface area contributed by atoms with Crippen molar-refractivity contribution in [2.75, 3.05) is 26.2 Å². The second kappa shape index (κ2) is 9.68. The molecule has 164 valence electrons. The fraction of sp³-hybridized carbons (Fsp3) is 0.292. The lowest BCUT2D eigenvalue weighted by Gasteiger charge is -2.39. The van der Waals surface area contributed by atoms with Crippen LogP contribution < -0.4 is 0 Å². The standard InChI is InChI=1S/C24H25FN6S/c25-21-10-8-20(9-11-21)23(24-26-27-28-31(24)18-22-7-4-16-32-22)30-14-12-29(13-15-30)17-19-5-2-1-3-6-19/h1-11,16,23H,12-15,17-18H2/t23-/m1/s1. The van der Waals surface area contributed by atoms with Crippen LogP contribution in [0.4, 0.5) is 4.39 Å². The van der Waals surface area contributed by atoms with Gasteiger partial charge < -0.3 is 0 Å². The van der Waals surface area contributed by atoms with Crippen molar-refractivity contribution in [3.8, 4) is 0 Å². The smallest absolute Gasteiger partial charge is 0.173 e. The van der Waals surface area contributed by atoms with Crippen LogP contribution >= 0.6 is 11.3 Å². The molecule has 4 aromatic rings. The highest BCUT2D eigenvalue weighted by Crippen LogP contribution is 2.29. The van der Waals surface area contributed by atoms with E-state index in [1.54, 1.807) is 11.3 Å².